The molecule has 1 fully saturated rings. The van der Waals surface area contributed by atoms with E-state index < -0.39 is 0 Å². The fourth-order valence-electron chi connectivity index (χ4n) is 2.24. The highest BCUT2D eigenvalue weighted by Crippen LogP contribution is 2.30. The maximum Gasteiger partial charge on any atom is 0.318 e. The minimum absolute atomic E-state index is 0.0509. The summed E-state index contributed by atoms with van der Waals surface area (Å²) in [5.41, 5.74) is 0. The van der Waals surface area contributed by atoms with E-state index in [1.807, 2.05) is 0 Å². The summed E-state index contributed by atoms with van der Waals surface area (Å²) in [6.07, 6.45) is 3.89. The molecule has 1 saturated carbocycles. The number of aromatic nitrogens is 2. The molecular weight excluding hydrogens is 270 g/mol. The van der Waals surface area contributed by atoms with Gasteiger partial charge in [-0.15, -0.1) is 0 Å². The Morgan fingerprint density at radius 1 is 1.47 bits per heavy atom. The van der Waals surface area contributed by atoms with Crippen LogP contribution in [0.1, 0.15) is 19.3 Å². The number of nitrogens with one attached hydrogen (secondary N) is 1. The number of hydrogen-bond acceptors (Lipinski definition) is 6. The number of rotatable bonds is 4. The van der Waals surface area contributed by atoms with Crippen molar-refractivity contribution in [2.75, 3.05) is 19.5 Å². The van der Waals surface area contributed by atoms with E-state index in [0.717, 1.165) is 19.3 Å². The molecule has 2 atom stereocenters. The summed E-state index contributed by atoms with van der Waals surface area (Å²) in [5.74, 6) is 0.324. The quantitative estimate of drug-likeness (QED) is 0.852. The lowest BCUT2D eigenvalue weighted by molar-refractivity contribution is -0.145. The van der Waals surface area contributed by atoms with E-state index in [1.165, 1.54) is 20.4 Å². The van der Waals surface area contributed by atoms with E-state index in [9.17, 15) is 4.79 Å². The molecule has 0 radical (unpaired) electrons. The molecule has 104 valence electrons. The maximum absolute atomic E-state index is 11.5. The molecule has 7 heteroatoms. The molecule has 0 unspecified atom stereocenters. The van der Waals surface area contributed by atoms with Crippen molar-refractivity contribution in [3.63, 3.8) is 0 Å². The van der Waals surface area contributed by atoms with Gasteiger partial charge in [-0.25, -0.2) is 4.98 Å². The van der Waals surface area contributed by atoms with Crippen LogP contribution in [0.15, 0.2) is 6.20 Å². The van der Waals surface area contributed by atoms with Gasteiger partial charge in [0.1, 0.15) is 5.02 Å². The van der Waals surface area contributed by atoms with E-state index in [4.69, 9.17) is 21.1 Å². The van der Waals surface area contributed by atoms with Crippen molar-refractivity contribution >= 4 is 23.4 Å². The Bertz CT molecular complexity index is 470. The Labute approximate surface area is 116 Å². The second-order valence-electron chi connectivity index (χ2n) is 4.43. The van der Waals surface area contributed by atoms with Gasteiger partial charge in [0.05, 0.1) is 26.3 Å². The van der Waals surface area contributed by atoms with Crippen molar-refractivity contribution in [1.29, 1.82) is 0 Å². The second kappa shape index (κ2) is 6.06. The zero-order valence-corrected chi connectivity index (χ0v) is 11.6. The molecule has 1 aliphatic carbocycles. The first-order valence-corrected chi connectivity index (χ1v) is 6.42. The summed E-state index contributed by atoms with van der Waals surface area (Å²) in [5, 5.41) is 3.65. The third-order valence-corrected chi connectivity index (χ3v) is 3.49. The lowest BCUT2D eigenvalue weighted by atomic mass is 10.1. The molecule has 0 spiro atoms. The maximum atomic E-state index is 11.5. The molecule has 1 aromatic heterocycles. The van der Waals surface area contributed by atoms with Crippen LogP contribution in [0, 0.1) is 5.92 Å². The topological polar surface area (TPSA) is 73.3 Å². The average molecular weight is 286 g/mol. The Balaban J connectivity index is 2.01. The normalized spacial score (nSPS) is 22.1. The molecule has 6 nitrogen and oxygen atoms in total. The van der Waals surface area contributed by atoms with Crippen LogP contribution < -0.4 is 10.1 Å². The zero-order valence-electron chi connectivity index (χ0n) is 10.9. The second-order valence-corrected chi connectivity index (χ2v) is 4.83. The van der Waals surface area contributed by atoms with Crippen LogP contribution in [-0.2, 0) is 9.53 Å². The summed E-state index contributed by atoms with van der Waals surface area (Å²) in [6, 6.07) is 0.413. The van der Waals surface area contributed by atoms with E-state index in [2.05, 4.69) is 15.3 Å². The van der Waals surface area contributed by atoms with Crippen LogP contribution >= 0.6 is 11.6 Å². The lowest BCUT2D eigenvalue weighted by Crippen LogP contribution is -2.19. The molecule has 1 N–H and O–H groups in total. The number of esters is 1. The Kier molecular flexibility index (Phi) is 4.42. The number of methoxy groups -OCH3 is 2. The molecule has 0 amide bonds. The van der Waals surface area contributed by atoms with Crippen LogP contribution in [0.2, 0.25) is 5.02 Å². The summed E-state index contributed by atoms with van der Waals surface area (Å²) in [6.45, 7) is 0. The van der Waals surface area contributed by atoms with Gasteiger partial charge in [-0.2, -0.15) is 4.98 Å². The number of halogens is 1. The molecule has 2 rings (SSSR count). The molecule has 1 aliphatic rings. The van der Waals surface area contributed by atoms with E-state index in [-0.39, 0.29) is 23.9 Å². The summed E-state index contributed by atoms with van der Waals surface area (Å²) < 4.78 is 9.71. The first kappa shape index (κ1) is 13.9. The molecule has 19 heavy (non-hydrogen) atoms. The number of anilines is 1. The Morgan fingerprint density at radius 3 is 2.95 bits per heavy atom. The minimum atomic E-state index is -0.157. The van der Waals surface area contributed by atoms with Gasteiger partial charge in [0.2, 0.25) is 0 Å². The molecular formula is C12H16ClN3O3. The van der Waals surface area contributed by atoms with Gasteiger partial charge in [0.25, 0.3) is 0 Å². The van der Waals surface area contributed by atoms with Gasteiger partial charge >= 0.3 is 12.0 Å². The van der Waals surface area contributed by atoms with Crippen molar-refractivity contribution in [2.24, 2.45) is 5.92 Å². The lowest BCUT2D eigenvalue weighted by Gasteiger charge is -2.14. The van der Waals surface area contributed by atoms with E-state index in [0.29, 0.717) is 10.8 Å². The highest BCUT2D eigenvalue weighted by atomic mass is 35.5. The molecule has 0 aromatic carbocycles. The minimum Gasteiger partial charge on any atom is -0.469 e. The van der Waals surface area contributed by atoms with Crippen LogP contribution in [0.5, 0.6) is 6.01 Å². The predicted octanol–water partition coefficient (Wildman–Crippen LogP) is 1.89. The summed E-state index contributed by atoms with van der Waals surface area (Å²) >= 11 is 6.02. The third kappa shape index (κ3) is 3.26. The number of hydrogen-bond donors (Lipinski definition) is 1. The van der Waals surface area contributed by atoms with E-state index in [1.54, 1.807) is 0 Å². The van der Waals surface area contributed by atoms with Gasteiger partial charge in [0, 0.05) is 6.04 Å². The van der Waals surface area contributed by atoms with Crippen molar-refractivity contribution in [2.45, 2.75) is 25.3 Å². The Hall–Kier alpha value is -1.56. The van der Waals surface area contributed by atoms with E-state index >= 15 is 0 Å². The number of ether oxygens (including phenoxy) is 2. The zero-order chi connectivity index (χ0) is 13.8. The van der Waals surface area contributed by atoms with Gasteiger partial charge in [-0.1, -0.05) is 11.6 Å². The molecule has 1 aromatic rings. The van der Waals surface area contributed by atoms with Gasteiger partial charge < -0.3 is 14.8 Å². The summed E-state index contributed by atoms with van der Waals surface area (Å²) in [7, 11) is 2.91. The molecule has 0 aliphatic heterocycles. The van der Waals surface area contributed by atoms with Crippen molar-refractivity contribution in [3.8, 4) is 6.01 Å². The number of carbonyl (C=O) groups is 1. The van der Waals surface area contributed by atoms with Crippen molar-refractivity contribution in [3.05, 3.63) is 11.2 Å². The number of carbonyl (C=O) groups excluding carboxylic acids is 1. The standard InChI is InChI=1S/C12H16ClN3O3/c1-18-11(17)7-3-4-8(5-7)15-10-9(13)6-14-12(16-10)19-2/h6-8H,3-5H2,1-2H3,(H,14,15,16)/t7-,8+/m0/s1. The number of nitrogens with zero attached hydrogens (tertiary/aromatic N) is 2. The molecule has 1 heterocycles. The highest BCUT2D eigenvalue weighted by molar-refractivity contribution is 6.32. The third-order valence-electron chi connectivity index (χ3n) is 3.21. The molecule has 0 saturated heterocycles. The van der Waals surface area contributed by atoms with Crippen LogP contribution in [0.3, 0.4) is 0 Å². The highest BCUT2D eigenvalue weighted by Gasteiger charge is 2.31. The van der Waals surface area contributed by atoms with Gasteiger partial charge in [-0.05, 0) is 19.3 Å². The van der Waals surface area contributed by atoms with Crippen molar-refractivity contribution < 1.29 is 14.3 Å². The largest absolute Gasteiger partial charge is 0.469 e. The van der Waals surface area contributed by atoms with Gasteiger partial charge in [-0.3, -0.25) is 4.79 Å². The molecule has 0 bridgehead atoms. The predicted molar refractivity (Wildman–Crippen MR) is 70.4 cm³/mol. The first-order chi connectivity index (χ1) is 9.13. The van der Waals surface area contributed by atoms with Crippen molar-refractivity contribution in [1.82, 2.24) is 9.97 Å². The fourth-order valence-corrected chi connectivity index (χ4v) is 2.38. The summed E-state index contributed by atoms with van der Waals surface area (Å²) in [4.78, 5) is 19.5. The fraction of sp³-hybridized carbons (Fsp3) is 0.583. The van der Waals surface area contributed by atoms with Crippen LogP contribution in [0.25, 0.3) is 0 Å². The van der Waals surface area contributed by atoms with Gasteiger partial charge in [0.15, 0.2) is 5.82 Å². The first-order valence-electron chi connectivity index (χ1n) is 6.05. The van der Waals surface area contributed by atoms with Crippen LogP contribution in [-0.4, -0.2) is 36.2 Å². The monoisotopic (exact) mass is 285 g/mol. The average Bonchev–Trinajstić information content (AvgIpc) is 2.89. The Morgan fingerprint density at radius 2 is 2.26 bits per heavy atom. The SMILES string of the molecule is COC(=O)[C@H]1CC[C@@H](Nc2nc(OC)ncc2Cl)C1. The van der Waals surface area contributed by atoms with Crippen LogP contribution in [0.4, 0.5) is 5.82 Å². The smallest absolute Gasteiger partial charge is 0.318 e.